The van der Waals surface area contributed by atoms with Crippen LogP contribution in [0.2, 0.25) is 0 Å². The van der Waals surface area contributed by atoms with E-state index in [0.717, 1.165) is 5.69 Å². The number of thiophene rings is 1. The van der Waals surface area contributed by atoms with Crippen molar-refractivity contribution in [3.63, 3.8) is 0 Å². The molecule has 0 aliphatic rings. The van der Waals surface area contributed by atoms with Crippen molar-refractivity contribution in [1.82, 2.24) is 9.13 Å². The second kappa shape index (κ2) is 11.8. The maximum Gasteiger partial charge on any atom is 0.0547 e. The Morgan fingerprint density at radius 1 is 0.273 bits per heavy atom. The summed E-state index contributed by atoms with van der Waals surface area (Å²) < 4.78 is 7.50. The van der Waals surface area contributed by atoms with E-state index in [1.165, 1.54) is 102 Å². The zero-order valence-electron chi connectivity index (χ0n) is 29.8. The van der Waals surface area contributed by atoms with E-state index in [1.807, 2.05) is 11.3 Å². The van der Waals surface area contributed by atoms with Crippen LogP contribution in [0.3, 0.4) is 0 Å². The molecule has 0 aliphatic carbocycles. The van der Waals surface area contributed by atoms with Crippen LogP contribution in [-0.2, 0) is 0 Å². The fourth-order valence-corrected chi connectivity index (χ4v) is 10.0. The van der Waals surface area contributed by atoms with Gasteiger partial charge in [0.1, 0.15) is 0 Å². The summed E-state index contributed by atoms with van der Waals surface area (Å²) in [4.78, 5) is 0. The molecule has 55 heavy (non-hydrogen) atoms. The number of aromatic nitrogens is 2. The molecule has 0 N–H and O–H groups in total. The third-order valence-electron chi connectivity index (χ3n) is 11.5. The van der Waals surface area contributed by atoms with Crippen LogP contribution >= 0.6 is 11.3 Å². The topological polar surface area (TPSA) is 9.86 Å². The Labute approximate surface area is 321 Å². The third kappa shape index (κ3) is 4.67. The van der Waals surface area contributed by atoms with Gasteiger partial charge < -0.3 is 9.13 Å². The molecular formula is C52H32N2S. The van der Waals surface area contributed by atoms with E-state index in [1.54, 1.807) is 0 Å². The smallest absolute Gasteiger partial charge is 0.0547 e. The second-order valence-corrected chi connectivity index (χ2v) is 15.6. The first-order valence-corrected chi connectivity index (χ1v) is 19.6. The number of fused-ring (bicyclic) bond motifs is 10. The normalized spacial score (nSPS) is 12.0. The van der Waals surface area contributed by atoms with Crippen molar-refractivity contribution in [2.24, 2.45) is 0 Å². The van der Waals surface area contributed by atoms with Crippen LogP contribution in [0.1, 0.15) is 0 Å². The number of rotatable bonds is 4. The summed E-state index contributed by atoms with van der Waals surface area (Å²) in [7, 11) is 0. The maximum atomic E-state index is 2.46. The standard InChI is InChI=1S/C52H32N2S/c1-3-11-33(12-4-1)36-19-24-47-43(28-36)44-29-37(20-25-48(44)53(47)39-15-5-2-6-16-39)38-21-26-49-45(30-38)46-27-34-13-7-8-14-35(34)31-50(46)54(49)40-22-23-42-41-17-9-10-18-51(41)55-52(42)32-40/h1-32H. The Bertz CT molecular complexity index is 3470. The molecule has 0 spiro atoms. The Morgan fingerprint density at radius 2 is 0.782 bits per heavy atom. The van der Waals surface area contributed by atoms with Crippen molar-refractivity contribution in [2.75, 3.05) is 0 Å². The van der Waals surface area contributed by atoms with Crippen molar-refractivity contribution >= 4 is 85.9 Å². The highest BCUT2D eigenvalue weighted by molar-refractivity contribution is 7.25. The van der Waals surface area contributed by atoms with Crippen LogP contribution in [0.15, 0.2) is 194 Å². The molecule has 0 saturated carbocycles. The van der Waals surface area contributed by atoms with Gasteiger partial charge in [-0.15, -0.1) is 11.3 Å². The lowest BCUT2D eigenvalue weighted by Crippen LogP contribution is -1.93. The summed E-state index contributed by atoms with van der Waals surface area (Å²) in [6.07, 6.45) is 0. The third-order valence-corrected chi connectivity index (χ3v) is 12.6. The molecule has 2 nitrogen and oxygen atoms in total. The first-order chi connectivity index (χ1) is 27.2. The largest absolute Gasteiger partial charge is 0.309 e. The van der Waals surface area contributed by atoms with Crippen molar-refractivity contribution in [2.45, 2.75) is 0 Å². The van der Waals surface area contributed by atoms with Gasteiger partial charge in [0.2, 0.25) is 0 Å². The Kier molecular flexibility index (Phi) is 6.54. The lowest BCUT2D eigenvalue weighted by Gasteiger charge is -2.10. The minimum Gasteiger partial charge on any atom is -0.309 e. The first-order valence-electron chi connectivity index (χ1n) is 18.8. The SMILES string of the molecule is c1ccc(-c2ccc3c(c2)c2cc(-c4ccc5c(c4)c4cc6ccccc6cc4n5-c4ccc5c(c4)sc4ccccc45)ccc2n3-c2ccccc2)cc1. The molecule has 256 valence electrons. The molecule has 12 aromatic rings. The average Bonchev–Trinajstić information content (AvgIpc) is 3.89. The number of benzene rings is 9. The Morgan fingerprint density at radius 3 is 1.45 bits per heavy atom. The van der Waals surface area contributed by atoms with Crippen molar-refractivity contribution < 1.29 is 0 Å². The minimum atomic E-state index is 1.16. The molecule has 0 fully saturated rings. The highest BCUT2D eigenvalue weighted by atomic mass is 32.1. The van der Waals surface area contributed by atoms with Crippen molar-refractivity contribution in [3.05, 3.63) is 194 Å². The summed E-state index contributed by atoms with van der Waals surface area (Å²) in [6, 6.07) is 71.6. The zero-order valence-corrected chi connectivity index (χ0v) is 30.6. The van der Waals surface area contributed by atoms with Crippen LogP contribution in [0.25, 0.3) is 108 Å². The molecule has 0 saturated heterocycles. The second-order valence-electron chi connectivity index (χ2n) is 14.6. The highest BCUT2D eigenvalue weighted by Gasteiger charge is 2.18. The van der Waals surface area contributed by atoms with E-state index in [-0.39, 0.29) is 0 Å². The van der Waals surface area contributed by atoms with Gasteiger partial charge in [-0.25, -0.2) is 0 Å². The summed E-state index contributed by atoms with van der Waals surface area (Å²) >= 11 is 1.87. The van der Waals surface area contributed by atoms with Gasteiger partial charge >= 0.3 is 0 Å². The van der Waals surface area contributed by atoms with Gasteiger partial charge in [0, 0.05) is 53.1 Å². The fourth-order valence-electron chi connectivity index (χ4n) is 8.89. The molecule has 3 heterocycles. The fraction of sp³-hybridized carbons (Fsp3) is 0. The molecule has 0 bridgehead atoms. The van der Waals surface area contributed by atoms with Crippen molar-refractivity contribution in [1.29, 1.82) is 0 Å². The van der Waals surface area contributed by atoms with Crippen LogP contribution < -0.4 is 0 Å². The number of nitrogens with zero attached hydrogens (tertiary/aromatic N) is 2. The number of hydrogen-bond donors (Lipinski definition) is 0. The minimum absolute atomic E-state index is 1.16. The maximum absolute atomic E-state index is 2.46. The summed E-state index contributed by atoms with van der Waals surface area (Å²) in [5, 5.41) is 10.2. The van der Waals surface area contributed by atoms with Gasteiger partial charge in [-0.2, -0.15) is 0 Å². The van der Waals surface area contributed by atoms with E-state index >= 15 is 0 Å². The summed E-state index contributed by atoms with van der Waals surface area (Å²) in [5.74, 6) is 0. The van der Waals surface area contributed by atoms with E-state index in [4.69, 9.17) is 0 Å². The molecule has 0 amide bonds. The molecule has 0 aliphatic heterocycles. The van der Waals surface area contributed by atoms with Crippen LogP contribution in [0, 0.1) is 0 Å². The van der Waals surface area contributed by atoms with Gasteiger partial charge in [-0.1, -0.05) is 115 Å². The summed E-state index contributed by atoms with van der Waals surface area (Å²) in [5.41, 5.74) is 12.1. The predicted molar refractivity (Wildman–Crippen MR) is 236 cm³/mol. The van der Waals surface area contributed by atoms with Crippen LogP contribution in [0.5, 0.6) is 0 Å². The van der Waals surface area contributed by atoms with Crippen LogP contribution in [0.4, 0.5) is 0 Å². The molecule has 9 aromatic carbocycles. The Balaban J connectivity index is 1.09. The number of hydrogen-bond acceptors (Lipinski definition) is 1. The molecule has 0 radical (unpaired) electrons. The monoisotopic (exact) mass is 716 g/mol. The molecule has 3 aromatic heterocycles. The van der Waals surface area contributed by atoms with Gasteiger partial charge in [0.05, 0.1) is 22.1 Å². The highest BCUT2D eigenvalue weighted by Crippen LogP contribution is 2.42. The molecule has 12 rings (SSSR count). The quantitative estimate of drug-likeness (QED) is 0.172. The predicted octanol–water partition coefficient (Wildman–Crippen LogP) is 14.7. The number of para-hydroxylation sites is 1. The summed E-state index contributed by atoms with van der Waals surface area (Å²) in [6.45, 7) is 0. The zero-order chi connectivity index (χ0) is 36.0. The van der Waals surface area contributed by atoms with Crippen molar-refractivity contribution in [3.8, 4) is 33.6 Å². The van der Waals surface area contributed by atoms with Gasteiger partial charge in [0.15, 0.2) is 0 Å². The first kappa shape index (κ1) is 30.5. The van der Waals surface area contributed by atoms with Gasteiger partial charge in [0.25, 0.3) is 0 Å². The van der Waals surface area contributed by atoms with Gasteiger partial charge in [-0.05, 0) is 112 Å². The molecule has 0 atom stereocenters. The Hall–Kier alpha value is -6.94. The lowest BCUT2D eigenvalue weighted by atomic mass is 9.99. The van der Waals surface area contributed by atoms with E-state index < -0.39 is 0 Å². The van der Waals surface area contributed by atoms with Crippen LogP contribution in [-0.4, -0.2) is 9.13 Å². The molecular weight excluding hydrogens is 685 g/mol. The lowest BCUT2D eigenvalue weighted by molar-refractivity contribution is 1.18. The van der Waals surface area contributed by atoms with E-state index in [0.29, 0.717) is 0 Å². The van der Waals surface area contributed by atoms with E-state index in [2.05, 4.69) is 203 Å². The molecule has 0 unspecified atom stereocenters. The average molecular weight is 717 g/mol. The van der Waals surface area contributed by atoms with Gasteiger partial charge in [-0.3, -0.25) is 0 Å². The molecule has 3 heteroatoms. The van der Waals surface area contributed by atoms with E-state index in [9.17, 15) is 0 Å².